The second-order valence-electron chi connectivity index (χ2n) is 3.57. The fraction of sp³-hybridized carbons (Fsp3) is 0.364. The number of carboxylic acids is 1. The Labute approximate surface area is 92.8 Å². The third kappa shape index (κ3) is 2.09. The predicted molar refractivity (Wildman–Crippen MR) is 56.6 cm³/mol. The molecule has 0 fully saturated rings. The Hall–Kier alpha value is -1.75. The maximum atomic E-state index is 10.7. The zero-order valence-electron chi connectivity index (χ0n) is 8.68. The van der Waals surface area contributed by atoms with Crippen LogP contribution in [-0.2, 0) is 4.79 Å². The molecule has 3 N–H and O–H groups in total. The largest absolute Gasteiger partial charge is 0.490 e. The smallest absolute Gasteiger partial charge is 0.325 e. The molecule has 0 saturated carbocycles. The standard InChI is InChI=1S/C11H13NO4/c12-10(11(13)14)7-2-3-8-9(6-7)16-5-1-4-15-8/h2-3,6,10H,1,4-5,12H2,(H,13,14)/t10-/m1/s1. The van der Waals surface area contributed by atoms with Gasteiger partial charge < -0.3 is 20.3 Å². The molecule has 5 nitrogen and oxygen atoms in total. The molecule has 0 radical (unpaired) electrons. The van der Waals surface area contributed by atoms with Crippen LogP contribution in [0.3, 0.4) is 0 Å². The molecule has 0 saturated heterocycles. The Morgan fingerprint density at radius 2 is 2.00 bits per heavy atom. The molecular formula is C11H13NO4. The van der Waals surface area contributed by atoms with E-state index in [-0.39, 0.29) is 0 Å². The molecule has 0 amide bonds. The van der Waals surface area contributed by atoms with Gasteiger partial charge in [0.1, 0.15) is 6.04 Å². The maximum Gasteiger partial charge on any atom is 0.325 e. The zero-order valence-corrected chi connectivity index (χ0v) is 8.68. The highest BCUT2D eigenvalue weighted by molar-refractivity contribution is 5.75. The lowest BCUT2D eigenvalue weighted by Gasteiger charge is -2.11. The van der Waals surface area contributed by atoms with Gasteiger partial charge in [-0.2, -0.15) is 0 Å². The van der Waals surface area contributed by atoms with Crippen molar-refractivity contribution < 1.29 is 19.4 Å². The summed E-state index contributed by atoms with van der Waals surface area (Å²) in [6.45, 7) is 1.18. The van der Waals surface area contributed by atoms with E-state index < -0.39 is 12.0 Å². The van der Waals surface area contributed by atoms with Gasteiger partial charge >= 0.3 is 5.97 Å². The SMILES string of the molecule is N[C@@H](C(=O)O)c1ccc2c(c1)OCCCO2. The van der Waals surface area contributed by atoms with Gasteiger partial charge in [-0.1, -0.05) is 6.07 Å². The van der Waals surface area contributed by atoms with Crippen LogP contribution in [0.5, 0.6) is 11.5 Å². The van der Waals surface area contributed by atoms with E-state index in [1.807, 2.05) is 0 Å². The quantitative estimate of drug-likeness (QED) is 0.779. The lowest BCUT2D eigenvalue weighted by Crippen LogP contribution is -2.20. The third-order valence-electron chi connectivity index (χ3n) is 2.40. The van der Waals surface area contributed by atoms with E-state index in [2.05, 4.69) is 0 Å². The first-order chi connectivity index (χ1) is 7.68. The number of carbonyl (C=O) groups is 1. The summed E-state index contributed by atoms with van der Waals surface area (Å²) >= 11 is 0. The lowest BCUT2D eigenvalue weighted by atomic mass is 10.1. The van der Waals surface area contributed by atoms with E-state index in [1.165, 1.54) is 0 Å². The molecule has 0 unspecified atom stereocenters. The summed E-state index contributed by atoms with van der Waals surface area (Å²) < 4.78 is 10.9. The maximum absolute atomic E-state index is 10.7. The number of hydrogen-bond acceptors (Lipinski definition) is 4. The highest BCUT2D eigenvalue weighted by atomic mass is 16.5. The minimum atomic E-state index is -1.06. The molecule has 16 heavy (non-hydrogen) atoms. The Bertz CT molecular complexity index is 405. The molecule has 86 valence electrons. The number of ether oxygens (including phenoxy) is 2. The minimum Gasteiger partial charge on any atom is -0.490 e. The summed E-state index contributed by atoms with van der Waals surface area (Å²) in [7, 11) is 0. The average molecular weight is 223 g/mol. The van der Waals surface area contributed by atoms with Gasteiger partial charge in [0.05, 0.1) is 13.2 Å². The second kappa shape index (κ2) is 4.40. The van der Waals surface area contributed by atoms with E-state index in [0.29, 0.717) is 30.3 Å². The monoisotopic (exact) mass is 223 g/mol. The van der Waals surface area contributed by atoms with Gasteiger partial charge in [0.25, 0.3) is 0 Å². The molecule has 0 aliphatic carbocycles. The number of aliphatic carboxylic acids is 1. The van der Waals surface area contributed by atoms with Gasteiger partial charge in [0.15, 0.2) is 11.5 Å². The van der Waals surface area contributed by atoms with Gasteiger partial charge in [0.2, 0.25) is 0 Å². The molecule has 0 bridgehead atoms. The summed E-state index contributed by atoms with van der Waals surface area (Å²) in [6, 6.07) is 3.93. The van der Waals surface area contributed by atoms with Gasteiger partial charge in [-0.05, 0) is 17.7 Å². The van der Waals surface area contributed by atoms with Crippen molar-refractivity contribution in [3.8, 4) is 11.5 Å². The summed E-state index contributed by atoms with van der Waals surface area (Å²) in [5.41, 5.74) is 6.02. The Morgan fingerprint density at radius 3 is 2.69 bits per heavy atom. The minimum absolute atomic E-state index is 0.511. The van der Waals surface area contributed by atoms with E-state index in [1.54, 1.807) is 18.2 Å². The van der Waals surface area contributed by atoms with E-state index in [4.69, 9.17) is 20.3 Å². The van der Waals surface area contributed by atoms with Crippen molar-refractivity contribution in [3.05, 3.63) is 23.8 Å². The molecule has 1 aliphatic heterocycles. The van der Waals surface area contributed by atoms with Crippen molar-refractivity contribution in [3.63, 3.8) is 0 Å². The Morgan fingerprint density at radius 1 is 1.31 bits per heavy atom. The zero-order chi connectivity index (χ0) is 11.5. The van der Waals surface area contributed by atoms with E-state index >= 15 is 0 Å². The van der Waals surface area contributed by atoms with E-state index in [0.717, 1.165) is 6.42 Å². The highest BCUT2D eigenvalue weighted by Crippen LogP contribution is 2.31. The van der Waals surface area contributed by atoms with Crippen molar-refractivity contribution in [1.82, 2.24) is 0 Å². The number of carboxylic acid groups (broad SMARTS) is 1. The number of hydrogen-bond donors (Lipinski definition) is 2. The predicted octanol–water partition coefficient (Wildman–Crippen LogP) is 0.932. The second-order valence-corrected chi connectivity index (χ2v) is 3.57. The molecule has 1 atom stereocenters. The highest BCUT2D eigenvalue weighted by Gasteiger charge is 2.17. The van der Waals surface area contributed by atoms with Crippen LogP contribution in [0.1, 0.15) is 18.0 Å². The van der Waals surface area contributed by atoms with E-state index in [9.17, 15) is 4.79 Å². The van der Waals surface area contributed by atoms with Gasteiger partial charge in [-0.25, -0.2) is 0 Å². The van der Waals surface area contributed by atoms with Gasteiger partial charge in [-0.15, -0.1) is 0 Å². The molecule has 2 rings (SSSR count). The molecule has 1 aromatic carbocycles. The van der Waals surface area contributed by atoms with Crippen LogP contribution >= 0.6 is 0 Å². The van der Waals surface area contributed by atoms with Crippen molar-refractivity contribution >= 4 is 5.97 Å². The molecule has 1 aliphatic rings. The first kappa shape index (κ1) is 10.8. The van der Waals surface area contributed by atoms with Crippen LogP contribution in [0.15, 0.2) is 18.2 Å². The van der Waals surface area contributed by atoms with Gasteiger partial charge in [-0.3, -0.25) is 4.79 Å². The topological polar surface area (TPSA) is 81.8 Å². The molecule has 0 aromatic heterocycles. The average Bonchev–Trinajstić information content (AvgIpc) is 2.51. The van der Waals surface area contributed by atoms with Gasteiger partial charge in [0, 0.05) is 6.42 Å². The van der Waals surface area contributed by atoms with Crippen LogP contribution in [0.4, 0.5) is 0 Å². The van der Waals surface area contributed by atoms with Crippen molar-refractivity contribution in [2.24, 2.45) is 5.73 Å². The fourth-order valence-corrected chi connectivity index (χ4v) is 1.52. The normalized spacial score (nSPS) is 16.3. The molecule has 1 heterocycles. The Kier molecular flexibility index (Phi) is 2.96. The van der Waals surface area contributed by atoms with Crippen molar-refractivity contribution in [2.45, 2.75) is 12.5 Å². The molecule has 1 aromatic rings. The lowest BCUT2D eigenvalue weighted by molar-refractivity contribution is -0.138. The van der Waals surface area contributed by atoms with Crippen LogP contribution in [0, 0.1) is 0 Å². The number of nitrogens with two attached hydrogens (primary N) is 1. The fourth-order valence-electron chi connectivity index (χ4n) is 1.52. The van der Waals surface area contributed by atoms with Crippen LogP contribution in [0.2, 0.25) is 0 Å². The molecular weight excluding hydrogens is 210 g/mol. The molecule has 0 spiro atoms. The van der Waals surface area contributed by atoms with Crippen LogP contribution < -0.4 is 15.2 Å². The van der Waals surface area contributed by atoms with Crippen LogP contribution in [-0.4, -0.2) is 24.3 Å². The first-order valence-electron chi connectivity index (χ1n) is 5.06. The summed E-state index contributed by atoms with van der Waals surface area (Å²) in [6.07, 6.45) is 0.814. The summed E-state index contributed by atoms with van der Waals surface area (Å²) in [5.74, 6) is 0.139. The number of benzene rings is 1. The molecule has 5 heteroatoms. The van der Waals surface area contributed by atoms with Crippen molar-refractivity contribution in [1.29, 1.82) is 0 Å². The summed E-state index contributed by atoms with van der Waals surface area (Å²) in [5, 5.41) is 8.80. The number of fused-ring (bicyclic) bond motifs is 1. The number of rotatable bonds is 2. The van der Waals surface area contributed by atoms with Crippen molar-refractivity contribution in [2.75, 3.05) is 13.2 Å². The summed E-state index contributed by atoms with van der Waals surface area (Å²) in [4.78, 5) is 10.7. The third-order valence-corrected chi connectivity index (χ3v) is 2.40. The van der Waals surface area contributed by atoms with Crippen LogP contribution in [0.25, 0.3) is 0 Å². The first-order valence-corrected chi connectivity index (χ1v) is 5.06. The Balaban J connectivity index is 2.30.